The Balaban J connectivity index is 1.69. The minimum absolute atomic E-state index is 0.252. The van der Waals surface area contributed by atoms with Crippen molar-refractivity contribution in [3.05, 3.63) is 83.4 Å². The van der Waals surface area contributed by atoms with E-state index in [9.17, 15) is 9.59 Å². The van der Waals surface area contributed by atoms with Crippen molar-refractivity contribution in [3.8, 4) is 11.1 Å². The number of carbonyl (C=O) groups excluding carboxylic acids is 2. The minimum Gasteiger partial charge on any atom is -0.366 e. The zero-order chi connectivity index (χ0) is 19.0. The Hall–Kier alpha value is -3.80. The Morgan fingerprint density at radius 1 is 0.926 bits per heavy atom. The molecule has 0 unspecified atom stereocenters. The number of amides is 1. The van der Waals surface area contributed by atoms with Crippen molar-refractivity contribution in [1.82, 2.24) is 15.0 Å². The third-order valence-electron chi connectivity index (χ3n) is 4.51. The molecule has 27 heavy (non-hydrogen) atoms. The van der Waals surface area contributed by atoms with Crippen LogP contribution in [-0.4, -0.2) is 26.8 Å². The number of benzene rings is 3. The predicted molar refractivity (Wildman–Crippen MR) is 102 cm³/mol. The first-order valence-electron chi connectivity index (χ1n) is 8.40. The first kappa shape index (κ1) is 16.7. The summed E-state index contributed by atoms with van der Waals surface area (Å²) in [5.74, 6) is -0.723. The first-order chi connectivity index (χ1) is 13.0. The van der Waals surface area contributed by atoms with Gasteiger partial charge in [0.1, 0.15) is 5.52 Å². The number of carbonyl (C=O) groups is 2. The van der Waals surface area contributed by atoms with E-state index in [4.69, 9.17) is 5.73 Å². The normalized spacial score (nSPS) is 10.9. The molecular formula is C21H16N4O2. The lowest BCUT2D eigenvalue weighted by atomic mass is 9.97. The largest absolute Gasteiger partial charge is 0.366 e. The molecule has 0 aliphatic heterocycles. The zero-order valence-electron chi connectivity index (χ0n) is 14.6. The van der Waals surface area contributed by atoms with E-state index in [0.29, 0.717) is 22.2 Å². The lowest BCUT2D eigenvalue weighted by molar-refractivity contribution is 0.0947. The van der Waals surface area contributed by atoms with Gasteiger partial charge in [0.2, 0.25) is 5.91 Å². The first-order valence-corrected chi connectivity index (χ1v) is 8.40. The number of hydrogen-bond acceptors (Lipinski definition) is 4. The van der Waals surface area contributed by atoms with Crippen LogP contribution in [0.4, 0.5) is 0 Å². The van der Waals surface area contributed by atoms with E-state index < -0.39 is 5.91 Å². The number of primary amides is 1. The fourth-order valence-electron chi connectivity index (χ4n) is 3.02. The highest BCUT2D eigenvalue weighted by Crippen LogP contribution is 2.25. The monoisotopic (exact) mass is 356 g/mol. The fourth-order valence-corrected chi connectivity index (χ4v) is 3.02. The number of nitrogens with two attached hydrogens (primary N) is 1. The van der Waals surface area contributed by atoms with Gasteiger partial charge >= 0.3 is 0 Å². The van der Waals surface area contributed by atoms with E-state index >= 15 is 0 Å². The summed E-state index contributed by atoms with van der Waals surface area (Å²) >= 11 is 0. The molecule has 1 heterocycles. The van der Waals surface area contributed by atoms with Gasteiger partial charge in [-0.2, -0.15) is 4.68 Å². The van der Waals surface area contributed by atoms with Gasteiger partial charge in [0, 0.05) is 11.1 Å². The van der Waals surface area contributed by atoms with Gasteiger partial charge in [-0.05, 0) is 60.0 Å². The Kier molecular flexibility index (Phi) is 4.01. The van der Waals surface area contributed by atoms with Crippen LogP contribution in [0.25, 0.3) is 22.2 Å². The molecule has 1 aromatic heterocycles. The summed E-state index contributed by atoms with van der Waals surface area (Å²) in [6.45, 7) is 1.96. The van der Waals surface area contributed by atoms with Crippen LogP contribution in [0.2, 0.25) is 0 Å². The fraction of sp³-hybridized carbons (Fsp3) is 0.0476. The van der Waals surface area contributed by atoms with Crippen molar-refractivity contribution in [2.24, 2.45) is 5.73 Å². The summed E-state index contributed by atoms with van der Waals surface area (Å²) in [4.78, 5) is 24.2. The quantitative estimate of drug-likeness (QED) is 0.610. The molecule has 0 fully saturated rings. The van der Waals surface area contributed by atoms with Crippen molar-refractivity contribution >= 4 is 22.8 Å². The molecule has 0 bridgehead atoms. The Morgan fingerprint density at radius 2 is 1.63 bits per heavy atom. The van der Waals surface area contributed by atoms with Gasteiger partial charge in [0.25, 0.3) is 5.91 Å². The molecule has 3 aromatic carbocycles. The van der Waals surface area contributed by atoms with Crippen molar-refractivity contribution in [2.75, 3.05) is 0 Å². The summed E-state index contributed by atoms with van der Waals surface area (Å²) in [5.41, 5.74) is 10.5. The third kappa shape index (κ3) is 2.97. The molecule has 0 aliphatic carbocycles. The van der Waals surface area contributed by atoms with Crippen LogP contribution in [0.1, 0.15) is 26.3 Å². The van der Waals surface area contributed by atoms with E-state index in [2.05, 4.69) is 10.3 Å². The average molecular weight is 356 g/mol. The summed E-state index contributed by atoms with van der Waals surface area (Å²) in [7, 11) is 0. The molecule has 1 amide bonds. The van der Waals surface area contributed by atoms with Gasteiger partial charge in [-0.15, -0.1) is 5.10 Å². The van der Waals surface area contributed by atoms with Crippen LogP contribution < -0.4 is 5.73 Å². The number of hydrogen-bond donors (Lipinski definition) is 1. The van der Waals surface area contributed by atoms with Crippen LogP contribution in [-0.2, 0) is 0 Å². The van der Waals surface area contributed by atoms with E-state index in [-0.39, 0.29) is 5.91 Å². The van der Waals surface area contributed by atoms with Crippen molar-refractivity contribution in [3.63, 3.8) is 0 Å². The SMILES string of the molecule is Cc1ccc(C(N)=O)cc1-c1ccc(C(=O)n2nnc3ccccc32)cc1. The molecule has 2 N–H and O–H groups in total. The lowest BCUT2D eigenvalue weighted by Gasteiger charge is -2.09. The number of para-hydroxylation sites is 1. The Labute approximate surface area is 155 Å². The van der Waals surface area contributed by atoms with Crippen molar-refractivity contribution in [2.45, 2.75) is 6.92 Å². The van der Waals surface area contributed by atoms with Gasteiger partial charge in [0.15, 0.2) is 0 Å². The van der Waals surface area contributed by atoms with E-state index in [1.165, 1.54) is 4.68 Å². The van der Waals surface area contributed by atoms with Gasteiger partial charge in [-0.1, -0.05) is 35.5 Å². The maximum absolute atomic E-state index is 12.8. The van der Waals surface area contributed by atoms with E-state index in [0.717, 1.165) is 16.7 Å². The van der Waals surface area contributed by atoms with Gasteiger partial charge in [-0.25, -0.2) is 0 Å². The van der Waals surface area contributed by atoms with E-state index in [1.54, 1.807) is 30.3 Å². The number of rotatable bonds is 3. The van der Waals surface area contributed by atoms with E-state index in [1.807, 2.05) is 43.3 Å². The second-order valence-electron chi connectivity index (χ2n) is 6.27. The molecule has 132 valence electrons. The molecule has 0 aliphatic rings. The highest BCUT2D eigenvalue weighted by atomic mass is 16.2. The maximum Gasteiger partial charge on any atom is 0.280 e. The number of fused-ring (bicyclic) bond motifs is 1. The molecule has 0 radical (unpaired) electrons. The van der Waals surface area contributed by atoms with Crippen LogP contribution in [0.15, 0.2) is 66.7 Å². The lowest BCUT2D eigenvalue weighted by Crippen LogP contribution is -2.13. The second kappa shape index (κ2) is 6.49. The minimum atomic E-state index is -0.471. The van der Waals surface area contributed by atoms with Crippen LogP contribution in [0.3, 0.4) is 0 Å². The smallest absolute Gasteiger partial charge is 0.280 e. The number of aromatic nitrogens is 3. The summed E-state index contributed by atoms with van der Waals surface area (Å²) in [5, 5.41) is 7.98. The molecular weight excluding hydrogens is 340 g/mol. The summed E-state index contributed by atoms with van der Waals surface area (Å²) < 4.78 is 1.29. The zero-order valence-corrected chi connectivity index (χ0v) is 14.6. The predicted octanol–water partition coefficient (Wildman–Crippen LogP) is 3.19. The third-order valence-corrected chi connectivity index (χ3v) is 4.51. The van der Waals surface area contributed by atoms with Gasteiger partial charge in [0.05, 0.1) is 5.52 Å². The molecule has 0 atom stereocenters. The van der Waals surface area contributed by atoms with Gasteiger partial charge in [-0.3, -0.25) is 9.59 Å². The molecule has 4 aromatic rings. The maximum atomic E-state index is 12.8. The Bertz CT molecular complexity index is 1180. The molecule has 0 saturated carbocycles. The standard InChI is InChI=1S/C21H16N4O2/c1-13-6-7-16(20(22)26)12-17(13)14-8-10-15(11-9-14)21(27)25-19-5-3-2-4-18(19)23-24-25/h2-12H,1H3,(H2,22,26). The van der Waals surface area contributed by atoms with Crippen LogP contribution >= 0.6 is 0 Å². The average Bonchev–Trinajstić information content (AvgIpc) is 3.12. The molecule has 6 heteroatoms. The summed E-state index contributed by atoms with van der Waals surface area (Å²) in [6, 6.07) is 19.8. The Morgan fingerprint density at radius 3 is 2.37 bits per heavy atom. The summed E-state index contributed by atoms with van der Waals surface area (Å²) in [6.07, 6.45) is 0. The van der Waals surface area contributed by atoms with Gasteiger partial charge < -0.3 is 5.73 Å². The molecule has 6 nitrogen and oxygen atoms in total. The van der Waals surface area contributed by atoms with Crippen molar-refractivity contribution in [1.29, 1.82) is 0 Å². The number of aryl methyl sites for hydroxylation is 1. The van der Waals surface area contributed by atoms with Crippen molar-refractivity contribution < 1.29 is 9.59 Å². The van der Waals surface area contributed by atoms with Crippen LogP contribution in [0, 0.1) is 6.92 Å². The molecule has 0 saturated heterocycles. The molecule has 4 rings (SSSR count). The topological polar surface area (TPSA) is 90.9 Å². The van der Waals surface area contributed by atoms with Crippen LogP contribution in [0.5, 0.6) is 0 Å². The number of nitrogens with zero attached hydrogens (tertiary/aromatic N) is 3. The highest BCUT2D eigenvalue weighted by molar-refractivity contribution is 6.00. The highest BCUT2D eigenvalue weighted by Gasteiger charge is 2.14. The molecule has 0 spiro atoms. The second-order valence-corrected chi connectivity index (χ2v) is 6.27.